The van der Waals surface area contributed by atoms with Crippen molar-refractivity contribution in [2.24, 2.45) is 5.84 Å². The van der Waals surface area contributed by atoms with Crippen LogP contribution in [0.4, 0.5) is 4.39 Å². The first kappa shape index (κ1) is 14.5. The van der Waals surface area contributed by atoms with Gasteiger partial charge in [0.2, 0.25) is 0 Å². The molecule has 3 rings (SSSR count). The summed E-state index contributed by atoms with van der Waals surface area (Å²) < 4.78 is 19.8. The van der Waals surface area contributed by atoms with Gasteiger partial charge < -0.3 is 4.42 Å². The standard InChI is InChI=1S/C15H11BrClFN2O/c16-12-7-9(17)1-3-11(12)15(20-19)14-6-8-5-10(18)2-4-13(8)21-14/h1-7,15,20H,19H2. The third-order valence-electron chi connectivity index (χ3n) is 3.22. The van der Waals surface area contributed by atoms with E-state index in [4.69, 9.17) is 21.9 Å². The lowest BCUT2D eigenvalue weighted by Gasteiger charge is -2.15. The normalized spacial score (nSPS) is 12.8. The van der Waals surface area contributed by atoms with Crippen molar-refractivity contribution in [3.63, 3.8) is 0 Å². The predicted octanol–water partition coefficient (Wildman–Crippen LogP) is 4.54. The van der Waals surface area contributed by atoms with Gasteiger partial charge in [-0.05, 0) is 42.0 Å². The molecule has 0 saturated heterocycles. The molecule has 3 aromatic rings. The second-order valence-corrected chi connectivity index (χ2v) is 5.89. The highest BCUT2D eigenvalue weighted by atomic mass is 79.9. The molecule has 0 aliphatic carbocycles. The van der Waals surface area contributed by atoms with Crippen LogP contribution in [0, 0.1) is 5.82 Å². The first-order valence-electron chi connectivity index (χ1n) is 6.18. The van der Waals surface area contributed by atoms with Crippen LogP contribution in [-0.4, -0.2) is 0 Å². The van der Waals surface area contributed by atoms with Crippen LogP contribution in [0.3, 0.4) is 0 Å². The van der Waals surface area contributed by atoms with Crippen molar-refractivity contribution in [3.8, 4) is 0 Å². The summed E-state index contributed by atoms with van der Waals surface area (Å²) >= 11 is 9.41. The number of hydrazine groups is 1. The number of halogens is 3. The molecule has 0 bridgehead atoms. The molecule has 3 nitrogen and oxygen atoms in total. The van der Waals surface area contributed by atoms with E-state index >= 15 is 0 Å². The first-order chi connectivity index (χ1) is 10.1. The van der Waals surface area contributed by atoms with E-state index in [0.29, 0.717) is 21.8 Å². The van der Waals surface area contributed by atoms with E-state index in [1.165, 1.54) is 12.1 Å². The Kier molecular flexibility index (Phi) is 3.99. The fourth-order valence-electron chi connectivity index (χ4n) is 2.24. The van der Waals surface area contributed by atoms with Gasteiger partial charge in [0.25, 0.3) is 0 Å². The Hall–Kier alpha value is -1.40. The Morgan fingerprint density at radius 1 is 1.19 bits per heavy atom. The Bertz CT molecular complexity index is 805. The number of nitrogens with two attached hydrogens (primary N) is 1. The molecule has 1 unspecified atom stereocenters. The molecule has 6 heteroatoms. The molecule has 0 amide bonds. The van der Waals surface area contributed by atoms with Gasteiger partial charge in [-0.15, -0.1) is 0 Å². The Morgan fingerprint density at radius 3 is 2.71 bits per heavy atom. The van der Waals surface area contributed by atoms with Crippen molar-refractivity contribution in [2.45, 2.75) is 6.04 Å². The maximum Gasteiger partial charge on any atom is 0.134 e. The SMILES string of the molecule is NNC(c1cc2cc(F)ccc2o1)c1ccc(Cl)cc1Br. The second-order valence-electron chi connectivity index (χ2n) is 4.60. The molecular weight excluding hydrogens is 359 g/mol. The predicted molar refractivity (Wildman–Crippen MR) is 84.5 cm³/mol. The largest absolute Gasteiger partial charge is 0.459 e. The average molecular weight is 370 g/mol. The van der Waals surface area contributed by atoms with Crippen LogP contribution in [0.1, 0.15) is 17.4 Å². The monoisotopic (exact) mass is 368 g/mol. The average Bonchev–Trinajstić information content (AvgIpc) is 2.84. The summed E-state index contributed by atoms with van der Waals surface area (Å²) in [6.07, 6.45) is 0. The van der Waals surface area contributed by atoms with Gasteiger partial charge in [-0.25, -0.2) is 9.82 Å². The van der Waals surface area contributed by atoms with Crippen molar-refractivity contribution in [2.75, 3.05) is 0 Å². The zero-order valence-corrected chi connectivity index (χ0v) is 13.1. The highest BCUT2D eigenvalue weighted by Gasteiger charge is 2.20. The van der Waals surface area contributed by atoms with Crippen molar-refractivity contribution in [1.29, 1.82) is 0 Å². The van der Waals surface area contributed by atoms with Gasteiger partial charge in [0.1, 0.15) is 23.2 Å². The van der Waals surface area contributed by atoms with Crippen molar-refractivity contribution in [1.82, 2.24) is 5.43 Å². The second kappa shape index (κ2) is 5.77. The van der Waals surface area contributed by atoms with Crippen molar-refractivity contribution in [3.05, 3.63) is 69.1 Å². The van der Waals surface area contributed by atoms with Crippen LogP contribution in [0.25, 0.3) is 11.0 Å². The fraction of sp³-hybridized carbons (Fsp3) is 0.0667. The molecule has 108 valence electrons. The first-order valence-corrected chi connectivity index (χ1v) is 7.35. The molecular formula is C15H11BrClFN2O. The van der Waals surface area contributed by atoms with E-state index in [1.54, 1.807) is 24.3 Å². The van der Waals surface area contributed by atoms with Crippen molar-refractivity contribution < 1.29 is 8.81 Å². The number of hydrogen-bond acceptors (Lipinski definition) is 3. The Labute approximate surface area is 134 Å². The Balaban J connectivity index is 2.09. The fourth-order valence-corrected chi connectivity index (χ4v) is 3.15. The summed E-state index contributed by atoms with van der Waals surface area (Å²) in [5.74, 6) is 5.95. The molecule has 0 aliphatic rings. The van der Waals surface area contributed by atoms with E-state index in [-0.39, 0.29) is 11.9 Å². The summed E-state index contributed by atoms with van der Waals surface area (Å²) in [5, 5.41) is 1.31. The Morgan fingerprint density at radius 2 is 2.00 bits per heavy atom. The summed E-state index contributed by atoms with van der Waals surface area (Å²) in [6.45, 7) is 0. The van der Waals surface area contributed by atoms with E-state index < -0.39 is 0 Å². The van der Waals surface area contributed by atoms with Gasteiger partial charge in [0.05, 0.1) is 0 Å². The molecule has 1 atom stereocenters. The third-order valence-corrected chi connectivity index (χ3v) is 4.14. The summed E-state index contributed by atoms with van der Waals surface area (Å²) in [4.78, 5) is 0. The van der Waals surface area contributed by atoms with Crippen LogP contribution in [0.2, 0.25) is 5.02 Å². The summed E-state index contributed by atoms with van der Waals surface area (Å²) in [7, 11) is 0. The van der Waals surface area contributed by atoms with E-state index in [2.05, 4.69) is 21.4 Å². The van der Waals surface area contributed by atoms with Gasteiger partial charge >= 0.3 is 0 Å². The van der Waals surface area contributed by atoms with Crippen LogP contribution in [0.15, 0.2) is 51.4 Å². The third kappa shape index (κ3) is 2.82. The minimum Gasteiger partial charge on any atom is -0.459 e. The molecule has 0 radical (unpaired) electrons. The smallest absolute Gasteiger partial charge is 0.134 e. The van der Waals surface area contributed by atoms with Crippen LogP contribution < -0.4 is 11.3 Å². The lowest BCUT2D eigenvalue weighted by Crippen LogP contribution is -2.28. The number of rotatable bonds is 3. The zero-order chi connectivity index (χ0) is 15.0. The highest BCUT2D eigenvalue weighted by Crippen LogP contribution is 2.33. The van der Waals surface area contributed by atoms with E-state index in [9.17, 15) is 4.39 Å². The quantitative estimate of drug-likeness (QED) is 0.526. The van der Waals surface area contributed by atoms with Gasteiger partial charge in [0, 0.05) is 14.9 Å². The molecule has 21 heavy (non-hydrogen) atoms. The number of benzene rings is 2. The number of nitrogens with one attached hydrogen (secondary N) is 1. The maximum atomic E-state index is 13.3. The minimum atomic E-state index is -0.368. The van der Waals surface area contributed by atoms with Crippen molar-refractivity contribution >= 4 is 38.5 Å². The maximum absolute atomic E-state index is 13.3. The molecule has 0 spiro atoms. The summed E-state index contributed by atoms with van der Waals surface area (Å²) in [6, 6.07) is 11.2. The lowest BCUT2D eigenvalue weighted by atomic mass is 10.1. The zero-order valence-electron chi connectivity index (χ0n) is 10.7. The van der Waals surface area contributed by atoms with Gasteiger partial charge in [-0.2, -0.15) is 0 Å². The lowest BCUT2D eigenvalue weighted by molar-refractivity contribution is 0.476. The van der Waals surface area contributed by atoms with Crippen LogP contribution in [-0.2, 0) is 0 Å². The molecule has 0 aliphatic heterocycles. The van der Waals surface area contributed by atoms with Crippen LogP contribution >= 0.6 is 27.5 Å². The molecule has 1 heterocycles. The molecule has 1 aromatic heterocycles. The van der Waals surface area contributed by atoms with Gasteiger partial charge in [0.15, 0.2) is 0 Å². The van der Waals surface area contributed by atoms with Gasteiger partial charge in [-0.3, -0.25) is 5.84 Å². The number of furan rings is 1. The topological polar surface area (TPSA) is 51.2 Å². The molecule has 0 saturated carbocycles. The molecule has 0 fully saturated rings. The van der Waals surface area contributed by atoms with E-state index in [0.717, 1.165) is 10.0 Å². The molecule has 2 aromatic carbocycles. The minimum absolute atomic E-state index is 0.306. The number of hydrogen-bond donors (Lipinski definition) is 2. The highest BCUT2D eigenvalue weighted by molar-refractivity contribution is 9.10. The summed E-state index contributed by atoms with van der Waals surface area (Å²) in [5.41, 5.74) is 4.19. The van der Waals surface area contributed by atoms with Crippen LogP contribution in [0.5, 0.6) is 0 Å². The van der Waals surface area contributed by atoms with Gasteiger partial charge in [-0.1, -0.05) is 33.6 Å². The number of fused-ring (bicyclic) bond motifs is 1. The van der Waals surface area contributed by atoms with E-state index in [1.807, 2.05) is 6.07 Å². The molecule has 3 N–H and O–H groups in total.